The normalized spacial score (nSPS) is 11.5. The molecule has 0 atom stereocenters. The summed E-state index contributed by atoms with van der Waals surface area (Å²) in [5, 5.41) is 3.64. The van der Waals surface area contributed by atoms with Crippen LogP contribution in [0.1, 0.15) is 31.1 Å². The van der Waals surface area contributed by atoms with Crippen LogP contribution < -0.4 is 0 Å². The van der Waals surface area contributed by atoms with Crippen molar-refractivity contribution >= 4 is 34.0 Å². The van der Waals surface area contributed by atoms with E-state index in [0.717, 1.165) is 33.7 Å². The molecule has 2 aromatic carbocycles. The highest BCUT2D eigenvalue weighted by Crippen LogP contribution is 2.33. The molecular formula is C20H18ClN3S. The fourth-order valence-corrected chi connectivity index (χ4v) is 4.29. The molecule has 2 aromatic heterocycles. The molecule has 0 N–H and O–H groups in total. The summed E-state index contributed by atoms with van der Waals surface area (Å²) in [6.45, 7) is 4.22. The van der Waals surface area contributed by atoms with Crippen LogP contribution in [0.15, 0.2) is 53.9 Å². The van der Waals surface area contributed by atoms with Crippen LogP contribution in [0.4, 0.5) is 0 Å². The van der Waals surface area contributed by atoms with Gasteiger partial charge in [-0.05, 0) is 43.1 Å². The maximum Gasteiger partial charge on any atom is 0.204 e. The number of thiazole rings is 1. The number of fused-ring (bicyclic) bond motifs is 1. The van der Waals surface area contributed by atoms with Crippen molar-refractivity contribution in [1.82, 2.24) is 14.5 Å². The molecule has 4 aromatic rings. The minimum absolute atomic E-state index is 0.262. The number of benzene rings is 2. The third-order valence-electron chi connectivity index (χ3n) is 4.20. The van der Waals surface area contributed by atoms with E-state index in [0.29, 0.717) is 5.28 Å². The molecule has 0 amide bonds. The van der Waals surface area contributed by atoms with Gasteiger partial charge < -0.3 is 4.57 Å². The number of hydrogen-bond acceptors (Lipinski definition) is 3. The van der Waals surface area contributed by atoms with Crippen LogP contribution in [0.2, 0.25) is 5.28 Å². The Morgan fingerprint density at radius 3 is 2.60 bits per heavy atom. The lowest BCUT2D eigenvalue weighted by atomic mass is 10.1. The largest absolute Gasteiger partial charge is 0.312 e. The van der Waals surface area contributed by atoms with E-state index in [1.807, 2.05) is 12.1 Å². The Hall–Kier alpha value is -2.17. The van der Waals surface area contributed by atoms with Gasteiger partial charge in [0.15, 0.2) is 0 Å². The summed E-state index contributed by atoms with van der Waals surface area (Å²) in [4.78, 5) is 9.43. The third kappa shape index (κ3) is 3.08. The molecular weight excluding hydrogens is 350 g/mol. The summed E-state index contributed by atoms with van der Waals surface area (Å²) in [5.41, 5.74) is 5.37. The molecule has 0 aliphatic heterocycles. The first-order valence-electron chi connectivity index (χ1n) is 8.28. The molecule has 5 heteroatoms. The fourth-order valence-electron chi connectivity index (χ4n) is 3.07. The van der Waals surface area contributed by atoms with Crippen molar-refractivity contribution in [2.45, 2.75) is 26.3 Å². The molecule has 0 aliphatic rings. The summed E-state index contributed by atoms with van der Waals surface area (Å²) in [5.74, 6) is 0. The van der Waals surface area contributed by atoms with E-state index in [9.17, 15) is 0 Å². The lowest BCUT2D eigenvalue weighted by Crippen LogP contribution is -2.00. The van der Waals surface area contributed by atoms with E-state index in [1.165, 1.54) is 5.56 Å². The Kier molecular flexibility index (Phi) is 4.32. The third-order valence-corrected chi connectivity index (χ3v) is 5.39. The van der Waals surface area contributed by atoms with Crippen molar-refractivity contribution in [2.75, 3.05) is 0 Å². The molecule has 0 fully saturated rings. The first-order valence-corrected chi connectivity index (χ1v) is 9.54. The lowest BCUT2D eigenvalue weighted by Gasteiger charge is -2.09. The number of aromatic nitrogens is 3. The first kappa shape index (κ1) is 16.3. The van der Waals surface area contributed by atoms with Crippen molar-refractivity contribution in [1.29, 1.82) is 0 Å². The SMILES string of the molecule is CC(C)n1c(Cl)nc2c(-c3nc(Cc4ccccc4)cs3)cccc21. The van der Waals surface area contributed by atoms with Gasteiger partial charge in [-0.1, -0.05) is 36.4 Å². The van der Waals surface area contributed by atoms with Crippen LogP contribution in [-0.2, 0) is 6.42 Å². The summed E-state index contributed by atoms with van der Waals surface area (Å²) in [6.07, 6.45) is 0.842. The van der Waals surface area contributed by atoms with E-state index in [1.54, 1.807) is 11.3 Å². The van der Waals surface area contributed by atoms with Crippen molar-refractivity contribution in [2.24, 2.45) is 0 Å². The van der Waals surface area contributed by atoms with Crippen LogP contribution in [0.3, 0.4) is 0 Å². The molecule has 126 valence electrons. The molecule has 0 radical (unpaired) electrons. The number of imidazole rings is 1. The number of nitrogens with zero attached hydrogens (tertiary/aromatic N) is 3. The first-order chi connectivity index (χ1) is 12.1. The molecule has 4 rings (SSSR count). The Morgan fingerprint density at radius 2 is 1.84 bits per heavy atom. The number of rotatable bonds is 4. The highest BCUT2D eigenvalue weighted by Gasteiger charge is 2.16. The zero-order valence-electron chi connectivity index (χ0n) is 14.1. The quantitative estimate of drug-likeness (QED) is 0.444. The highest BCUT2D eigenvalue weighted by atomic mass is 35.5. The second-order valence-electron chi connectivity index (χ2n) is 6.32. The van der Waals surface area contributed by atoms with Crippen molar-refractivity contribution < 1.29 is 0 Å². The van der Waals surface area contributed by atoms with Gasteiger partial charge >= 0.3 is 0 Å². The van der Waals surface area contributed by atoms with Gasteiger partial charge in [-0.3, -0.25) is 0 Å². The van der Waals surface area contributed by atoms with Gasteiger partial charge in [0.2, 0.25) is 5.28 Å². The topological polar surface area (TPSA) is 30.7 Å². The molecule has 0 unspecified atom stereocenters. The summed E-state index contributed by atoms with van der Waals surface area (Å²) in [6, 6.07) is 16.9. The predicted octanol–water partition coefficient (Wildman–Crippen LogP) is 5.98. The Bertz CT molecular complexity index is 1020. The average Bonchev–Trinajstić information content (AvgIpc) is 3.18. The summed E-state index contributed by atoms with van der Waals surface area (Å²) < 4.78 is 2.05. The monoisotopic (exact) mass is 367 g/mol. The maximum absolute atomic E-state index is 6.37. The minimum atomic E-state index is 0.262. The van der Waals surface area contributed by atoms with E-state index in [2.05, 4.69) is 65.2 Å². The van der Waals surface area contributed by atoms with E-state index in [4.69, 9.17) is 16.6 Å². The van der Waals surface area contributed by atoms with Crippen LogP contribution in [0.25, 0.3) is 21.6 Å². The number of halogens is 1. The zero-order valence-corrected chi connectivity index (χ0v) is 15.7. The predicted molar refractivity (Wildman–Crippen MR) is 105 cm³/mol. The number of para-hydroxylation sites is 1. The van der Waals surface area contributed by atoms with Gasteiger partial charge in [0, 0.05) is 23.4 Å². The highest BCUT2D eigenvalue weighted by molar-refractivity contribution is 7.13. The van der Waals surface area contributed by atoms with Gasteiger partial charge in [-0.15, -0.1) is 11.3 Å². The molecule has 2 heterocycles. The summed E-state index contributed by atoms with van der Waals surface area (Å²) >= 11 is 8.03. The van der Waals surface area contributed by atoms with E-state index in [-0.39, 0.29) is 6.04 Å². The second kappa shape index (κ2) is 6.62. The molecule has 0 saturated carbocycles. The lowest BCUT2D eigenvalue weighted by molar-refractivity contribution is 0.618. The van der Waals surface area contributed by atoms with Gasteiger partial charge in [0.1, 0.15) is 10.5 Å². The molecule has 0 saturated heterocycles. The van der Waals surface area contributed by atoms with Gasteiger partial charge in [0.25, 0.3) is 0 Å². The molecule has 0 bridgehead atoms. The maximum atomic E-state index is 6.37. The zero-order chi connectivity index (χ0) is 17.4. The van der Waals surface area contributed by atoms with Gasteiger partial charge in [0.05, 0.1) is 11.2 Å². The summed E-state index contributed by atoms with van der Waals surface area (Å²) in [7, 11) is 0. The number of hydrogen-bond donors (Lipinski definition) is 0. The molecule has 3 nitrogen and oxygen atoms in total. The smallest absolute Gasteiger partial charge is 0.204 e. The molecule has 0 spiro atoms. The minimum Gasteiger partial charge on any atom is -0.312 e. The Balaban J connectivity index is 1.74. The van der Waals surface area contributed by atoms with Crippen LogP contribution >= 0.6 is 22.9 Å². The van der Waals surface area contributed by atoms with Crippen molar-refractivity contribution in [3.8, 4) is 10.6 Å². The van der Waals surface area contributed by atoms with Crippen molar-refractivity contribution in [3.63, 3.8) is 0 Å². The molecule has 25 heavy (non-hydrogen) atoms. The van der Waals surface area contributed by atoms with Crippen LogP contribution in [-0.4, -0.2) is 14.5 Å². The Labute approximate surface area is 155 Å². The van der Waals surface area contributed by atoms with Gasteiger partial charge in [-0.25, -0.2) is 9.97 Å². The van der Waals surface area contributed by atoms with Crippen molar-refractivity contribution in [3.05, 3.63) is 70.5 Å². The van der Waals surface area contributed by atoms with Crippen LogP contribution in [0.5, 0.6) is 0 Å². The van der Waals surface area contributed by atoms with E-state index < -0.39 is 0 Å². The standard InChI is InChI=1S/C20H18ClN3S/c1-13(2)24-17-10-6-9-16(18(17)23-20(24)21)19-22-15(12-25-19)11-14-7-4-3-5-8-14/h3-10,12-13H,11H2,1-2H3. The van der Waals surface area contributed by atoms with Gasteiger partial charge in [-0.2, -0.15) is 0 Å². The van der Waals surface area contributed by atoms with E-state index >= 15 is 0 Å². The second-order valence-corrected chi connectivity index (χ2v) is 7.52. The van der Waals surface area contributed by atoms with Crippen LogP contribution in [0, 0.1) is 0 Å². The fraction of sp³-hybridized carbons (Fsp3) is 0.200. The molecule has 0 aliphatic carbocycles. The Morgan fingerprint density at radius 1 is 1.04 bits per heavy atom. The average molecular weight is 368 g/mol.